The standard InChI is InChI=1S/C26H45ClN4O3Si2/c1-13-18-19(34-36(11,12)26(6,7)8)14-20(33-18)31-15-17(16(2)32)21-22(27)28-24(29-23(21)31)30-35(9,10)25(3,4)5/h15,18-20H,13-14H2,1-12H3,(H,28,29,30)/t18-,19-,20-/m1/s1. The summed E-state index contributed by atoms with van der Waals surface area (Å²) in [5.74, 6) is 0.418. The molecule has 10 heteroatoms. The Morgan fingerprint density at radius 2 is 1.78 bits per heavy atom. The van der Waals surface area contributed by atoms with Crippen molar-refractivity contribution in [3.05, 3.63) is 16.9 Å². The molecule has 2 aromatic heterocycles. The Bertz CT molecular complexity index is 1130. The van der Waals surface area contributed by atoms with Crippen LogP contribution in [0.2, 0.25) is 41.4 Å². The predicted molar refractivity (Wildman–Crippen MR) is 154 cm³/mol. The molecule has 202 valence electrons. The molecule has 3 heterocycles. The summed E-state index contributed by atoms with van der Waals surface area (Å²) in [4.78, 5) is 25.6. The minimum Gasteiger partial charge on any atom is -0.411 e. The topological polar surface area (TPSA) is 78.3 Å². The molecular formula is C26H45ClN4O3Si2. The number of nitrogens with one attached hydrogen (secondary N) is 1. The Balaban J connectivity index is 2.06. The van der Waals surface area contributed by atoms with Crippen LogP contribution in [0.5, 0.6) is 0 Å². The number of anilines is 1. The Labute approximate surface area is 223 Å². The minimum atomic E-state index is -1.98. The molecule has 3 atom stereocenters. The maximum atomic E-state index is 12.6. The molecular weight excluding hydrogens is 508 g/mol. The number of carbonyl (C=O) groups excluding carboxylic acids is 1. The van der Waals surface area contributed by atoms with Crippen molar-refractivity contribution in [2.75, 3.05) is 4.98 Å². The van der Waals surface area contributed by atoms with Gasteiger partial charge >= 0.3 is 0 Å². The van der Waals surface area contributed by atoms with Gasteiger partial charge in [-0.3, -0.25) is 4.79 Å². The smallest absolute Gasteiger partial charge is 0.218 e. The van der Waals surface area contributed by atoms with E-state index in [4.69, 9.17) is 25.7 Å². The highest BCUT2D eigenvalue weighted by molar-refractivity contribution is 6.82. The second-order valence-corrected chi connectivity index (χ2v) is 23.3. The van der Waals surface area contributed by atoms with Crippen molar-refractivity contribution in [1.29, 1.82) is 0 Å². The Kier molecular flexibility index (Phi) is 7.97. The third-order valence-electron chi connectivity index (χ3n) is 8.45. The minimum absolute atomic E-state index is 0.0127. The highest BCUT2D eigenvalue weighted by Gasteiger charge is 2.45. The first-order chi connectivity index (χ1) is 16.3. The van der Waals surface area contributed by atoms with E-state index in [0.29, 0.717) is 29.0 Å². The van der Waals surface area contributed by atoms with Crippen LogP contribution in [-0.4, -0.2) is 49.1 Å². The fraction of sp³-hybridized carbons (Fsp3) is 0.731. The number of nitrogens with zero attached hydrogens (tertiary/aromatic N) is 3. The molecule has 0 bridgehead atoms. The molecule has 1 aliphatic rings. The lowest BCUT2D eigenvalue weighted by molar-refractivity contribution is -0.0159. The monoisotopic (exact) mass is 552 g/mol. The summed E-state index contributed by atoms with van der Waals surface area (Å²) in [6.45, 7) is 26.2. The van der Waals surface area contributed by atoms with Gasteiger partial charge in [0.15, 0.2) is 22.3 Å². The van der Waals surface area contributed by atoms with Gasteiger partial charge in [-0.15, -0.1) is 0 Å². The molecule has 0 unspecified atom stereocenters. The van der Waals surface area contributed by atoms with Crippen molar-refractivity contribution < 1.29 is 14.0 Å². The van der Waals surface area contributed by atoms with Crippen LogP contribution in [0.25, 0.3) is 11.0 Å². The van der Waals surface area contributed by atoms with E-state index in [-0.39, 0.29) is 39.4 Å². The van der Waals surface area contributed by atoms with Gasteiger partial charge in [0.25, 0.3) is 0 Å². The van der Waals surface area contributed by atoms with Gasteiger partial charge in [0.05, 0.1) is 17.6 Å². The quantitative estimate of drug-likeness (QED) is 0.214. The number of hydrogen-bond acceptors (Lipinski definition) is 6. The first-order valence-electron chi connectivity index (χ1n) is 13.0. The number of hydrogen-bond donors (Lipinski definition) is 1. The first-order valence-corrected chi connectivity index (χ1v) is 19.3. The number of Topliss-reactive ketones (excluding diaryl/α,β-unsaturated/α-hetero) is 1. The van der Waals surface area contributed by atoms with Crippen LogP contribution in [0.1, 0.15) is 84.8 Å². The maximum absolute atomic E-state index is 12.6. The van der Waals surface area contributed by atoms with E-state index in [1.807, 2.05) is 10.8 Å². The number of carbonyl (C=O) groups is 1. The molecule has 0 amide bonds. The zero-order valence-electron chi connectivity index (χ0n) is 24.2. The molecule has 1 aliphatic heterocycles. The van der Waals surface area contributed by atoms with Gasteiger partial charge in [0.2, 0.25) is 5.95 Å². The lowest BCUT2D eigenvalue weighted by atomic mass is 10.1. The average Bonchev–Trinajstić information content (AvgIpc) is 3.27. The summed E-state index contributed by atoms with van der Waals surface area (Å²) in [5.41, 5.74) is 1.13. The van der Waals surface area contributed by atoms with Crippen LogP contribution in [0, 0.1) is 0 Å². The van der Waals surface area contributed by atoms with Gasteiger partial charge in [-0.25, -0.2) is 4.98 Å². The molecule has 0 aliphatic carbocycles. The summed E-state index contributed by atoms with van der Waals surface area (Å²) in [6.07, 6.45) is 3.04. The summed E-state index contributed by atoms with van der Waals surface area (Å²) in [7, 11) is -3.93. The van der Waals surface area contributed by atoms with E-state index in [0.717, 1.165) is 6.42 Å². The van der Waals surface area contributed by atoms with E-state index in [1.54, 1.807) is 6.92 Å². The van der Waals surface area contributed by atoms with E-state index in [1.165, 1.54) is 0 Å². The van der Waals surface area contributed by atoms with Gasteiger partial charge in [0, 0.05) is 18.2 Å². The van der Waals surface area contributed by atoms with Gasteiger partial charge in [-0.1, -0.05) is 73.2 Å². The fourth-order valence-electron chi connectivity index (χ4n) is 4.03. The number of fused-ring (bicyclic) bond motifs is 1. The summed E-state index contributed by atoms with van der Waals surface area (Å²) < 4.78 is 15.3. The normalized spacial score (nSPS) is 21.9. The largest absolute Gasteiger partial charge is 0.411 e. The highest BCUT2D eigenvalue weighted by Crippen LogP contribution is 2.43. The third-order valence-corrected chi connectivity index (χ3v) is 17.8. The highest BCUT2D eigenvalue weighted by atomic mass is 35.5. The lowest BCUT2D eigenvalue weighted by Gasteiger charge is -2.39. The van der Waals surface area contributed by atoms with Crippen molar-refractivity contribution >= 4 is 50.9 Å². The molecule has 1 fully saturated rings. The van der Waals surface area contributed by atoms with E-state index < -0.39 is 16.6 Å². The molecule has 1 saturated heterocycles. The number of ketones is 1. The van der Waals surface area contributed by atoms with Crippen molar-refractivity contribution in [2.24, 2.45) is 0 Å². The van der Waals surface area contributed by atoms with Crippen molar-refractivity contribution in [1.82, 2.24) is 14.5 Å². The number of ether oxygens (including phenoxy) is 1. The van der Waals surface area contributed by atoms with Crippen LogP contribution in [0.4, 0.5) is 5.95 Å². The lowest BCUT2D eigenvalue weighted by Crippen LogP contribution is -2.46. The molecule has 7 nitrogen and oxygen atoms in total. The molecule has 0 saturated carbocycles. The van der Waals surface area contributed by atoms with E-state index in [9.17, 15) is 4.79 Å². The van der Waals surface area contributed by atoms with Crippen LogP contribution >= 0.6 is 11.6 Å². The fourth-order valence-corrected chi connectivity index (χ4v) is 6.70. The van der Waals surface area contributed by atoms with Crippen molar-refractivity contribution in [3.8, 4) is 0 Å². The Morgan fingerprint density at radius 3 is 2.28 bits per heavy atom. The third kappa shape index (κ3) is 5.60. The van der Waals surface area contributed by atoms with Crippen LogP contribution in [0.15, 0.2) is 6.20 Å². The van der Waals surface area contributed by atoms with Crippen LogP contribution in [0.3, 0.4) is 0 Å². The van der Waals surface area contributed by atoms with E-state index >= 15 is 0 Å². The molecule has 0 aromatic carbocycles. The van der Waals surface area contributed by atoms with Crippen molar-refractivity contribution in [2.45, 2.75) is 123 Å². The van der Waals surface area contributed by atoms with Gasteiger partial charge in [0.1, 0.15) is 17.0 Å². The number of halogens is 1. The second-order valence-electron chi connectivity index (χ2n) is 13.2. The molecule has 0 radical (unpaired) electrons. The van der Waals surface area contributed by atoms with Gasteiger partial charge < -0.3 is 18.7 Å². The molecule has 36 heavy (non-hydrogen) atoms. The second kappa shape index (κ2) is 9.80. The van der Waals surface area contributed by atoms with Crippen LogP contribution < -0.4 is 4.98 Å². The first kappa shape index (κ1) is 29.3. The summed E-state index contributed by atoms with van der Waals surface area (Å²) in [5, 5.41) is 1.05. The zero-order chi connectivity index (χ0) is 27.4. The zero-order valence-corrected chi connectivity index (χ0v) is 26.9. The summed E-state index contributed by atoms with van der Waals surface area (Å²) in [6, 6.07) is 0. The van der Waals surface area contributed by atoms with E-state index in [2.05, 4.69) is 84.6 Å². The average molecular weight is 553 g/mol. The predicted octanol–water partition coefficient (Wildman–Crippen LogP) is 7.79. The molecule has 0 spiro atoms. The van der Waals surface area contributed by atoms with Crippen LogP contribution in [-0.2, 0) is 9.16 Å². The number of aromatic nitrogens is 3. The SMILES string of the molecule is CC[C@H]1O[C@@H](n2cc(C(C)=O)c3c(Cl)nc(N[Si](C)(C)C(C)(C)C)nc32)C[C@H]1O[Si](C)(C)C(C)(C)C. The Morgan fingerprint density at radius 1 is 1.17 bits per heavy atom. The summed E-state index contributed by atoms with van der Waals surface area (Å²) >= 11 is 6.70. The molecule has 3 rings (SSSR count). The van der Waals surface area contributed by atoms with Crippen molar-refractivity contribution in [3.63, 3.8) is 0 Å². The van der Waals surface area contributed by atoms with Gasteiger partial charge in [-0.2, -0.15) is 4.98 Å². The Hall–Kier alpha value is -1.27. The number of rotatable bonds is 7. The van der Waals surface area contributed by atoms with Gasteiger partial charge in [-0.05, 0) is 36.5 Å². The maximum Gasteiger partial charge on any atom is 0.218 e. The molecule has 2 aromatic rings. The molecule has 1 N–H and O–H groups in total.